The molecule has 0 N–H and O–H groups in total. The van der Waals surface area contributed by atoms with Crippen molar-refractivity contribution in [2.24, 2.45) is 11.8 Å². The third-order valence-corrected chi connectivity index (χ3v) is 3.37. The molecule has 0 amide bonds. The van der Waals surface area contributed by atoms with E-state index in [1.807, 2.05) is 6.07 Å². The monoisotopic (exact) mass is 250 g/mol. The van der Waals surface area contributed by atoms with Crippen molar-refractivity contribution in [2.75, 3.05) is 0 Å². The molecule has 0 aliphatic heterocycles. The minimum Gasteiger partial charge on any atom is -0.458 e. The number of ketones is 1. The molecule has 2 heteroatoms. The summed E-state index contributed by atoms with van der Waals surface area (Å²) in [4.78, 5) is 11.1. The summed E-state index contributed by atoms with van der Waals surface area (Å²) in [5.41, 5.74) is 0. The molecule has 0 aliphatic rings. The number of hydrogen-bond donors (Lipinski definition) is 0. The third kappa shape index (κ3) is 5.52. The molecule has 1 heterocycles. The van der Waals surface area contributed by atoms with E-state index in [2.05, 4.69) is 20.8 Å². The van der Waals surface area contributed by atoms with Crippen molar-refractivity contribution in [1.82, 2.24) is 0 Å². The van der Waals surface area contributed by atoms with E-state index in [9.17, 15) is 4.79 Å². The summed E-state index contributed by atoms with van der Waals surface area (Å²) in [5, 5.41) is 0. The van der Waals surface area contributed by atoms with E-state index in [1.54, 1.807) is 6.07 Å². The lowest BCUT2D eigenvalue weighted by Gasteiger charge is -2.11. The van der Waals surface area contributed by atoms with Gasteiger partial charge in [-0.3, -0.25) is 4.79 Å². The molecular formula is C16H26O2. The molecule has 0 radical (unpaired) electrons. The first kappa shape index (κ1) is 15.0. The van der Waals surface area contributed by atoms with Gasteiger partial charge < -0.3 is 4.42 Å². The first-order chi connectivity index (χ1) is 8.49. The maximum Gasteiger partial charge on any atom is 0.194 e. The molecule has 0 aromatic carbocycles. The number of furan rings is 1. The van der Waals surface area contributed by atoms with Crippen LogP contribution in [0.2, 0.25) is 0 Å². The Bertz CT molecular complexity index is 363. The molecule has 1 rings (SSSR count). The van der Waals surface area contributed by atoms with Gasteiger partial charge in [-0.05, 0) is 30.4 Å². The summed E-state index contributed by atoms with van der Waals surface area (Å²) in [6.07, 6.45) is 6.01. The summed E-state index contributed by atoms with van der Waals surface area (Å²) in [7, 11) is 0. The van der Waals surface area contributed by atoms with Gasteiger partial charge in [-0.1, -0.05) is 40.0 Å². The molecule has 0 saturated carbocycles. The predicted octanol–water partition coefficient (Wildman–Crippen LogP) is 4.88. The average Bonchev–Trinajstić information content (AvgIpc) is 2.74. The van der Waals surface area contributed by atoms with Crippen molar-refractivity contribution in [2.45, 2.75) is 59.8 Å². The molecule has 0 saturated heterocycles. The zero-order chi connectivity index (χ0) is 13.5. The van der Waals surface area contributed by atoms with E-state index in [0.29, 0.717) is 5.76 Å². The highest BCUT2D eigenvalue weighted by Gasteiger charge is 2.08. The van der Waals surface area contributed by atoms with Crippen LogP contribution in [0.15, 0.2) is 16.5 Å². The number of carbonyl (C=O) groups excluding carboxylic acids is 1. The Morgan fingerprint density at radius 1 is 1.17 bits per heavy atom. The van der Waals surface area contributed by atoms with E-state index in [-0.39, 0.29) is 5.78 Å². The molecule has 1 aromatic heterocycles. The van der Waals surface area contributed by atoms with Crippen molar-refractivity contribution in [3.05, 3.63) is 23.7 Å². The van der Waals surface area contributed by atoms with Crippen LogP contribution in [0, 0.1) is 11.8 Å². The van der Waals surface area contributed by atoms with Gasteiger partial charge in [-0.15, -0.1) is 0 Å². The van der Waals surface area contributed by atoms with Crippen LogP contribution in [-0.4, -0.2) is 5.78 Å². The summed E-state index contributed by atoms with van der Waals surface area (Å²) in [6.45, 7) is 8.39. The number of Topliss-reactive ketones (excluding diaryl/α,β-unsaturated/α-hetero) is 1. The lowest BCUT2D eigenvalue weighted by atomic mass is 9.96. The molecule has 1 aromatic rings. The zero-order valence-electron chi connectivity index (χ0n) is 12.2. The van der Waals surface area contributed by atoms with Gasteiger partial charge in [0, 0.05) is 13.3 Å². The van der Waals surface area contributed by atoms with Crippen LogP contribution in [0.4, 0.5) is 0 Å². The Morgan fingerprint density at radius 3 is 2.44 bits per heavy atom. The zero-order valence-corrected chi connectivity index (χ0v) is 12.2. The summed E-state index contributed by atoms with van der Waals surface area (Å²) in [6, 6.07) is 3.71. The van der Waals surface area contributed by atoms with E-state index in [4.69, 9.17) is 4.42 Å². The molecule has 0 aliphatic carbocycles. The molecule has 0 spiro atoms. The second kappa shape index (κ2) is 7.40. The first-order valence-corrected chi connectivity index (χ1v) is 7.08. The Morgan fingerprint density at radius 2 is 1.89 bits per heavy atom. The maximum atomic E-state index is 11.1. The second-order valence-corrected chi connectivity index (χ2v) is 5.79. The summed E-state index contributed by atoms with van der Waals surface area (Å²) in [5.74, 6) is 2.97. The lowest BCUT2D eigenvalue weighted by molar-refractivity contribution is 0.0985. The molecular weight excluding hydrogens is 224 g/mol. The smallest absolute Gasteiger partial charge is 0.194 e. The maximum absolute atomic E-state index is 11.1. The van der Waals surface area contributed by atoms with Crippen LogP contribution >= 0.6 is 0 Å². The number of hydrogen-bond acceptors (Lipinski definition) is 2. The quantitative estimate of drug-likeness (QED) is 0.616. The predicted molar refractivity (Wildman–Crippen MR) is 74.9 cm³/mol. The molecule has 18 heavy (non-hydrogen) atoms. The number of carbonyl (C=O) groups is 1. The van der Waals surface area contributed by atoms with Crippen LogP contribution in [0.1, 0.15) is 69.7 Å². The van der Waals surface area contributed by atoms with Gasteiger partial charge in [0.25, 0.3) is 0 Å². The van der Waals surface area contributed by atoms with Gasteiger partial charge in [0.05, 0.1) is 0 Å². The summed E-state index contributed by atoms with van der Waals surface area (Å²) >= 11 is 0. The van der Waals surface area contributed by atoms with Crippen molar-refractivity contribution >= 4 is 5.78 Å². The van der Waals surface area contributed by atoms with Crippen LogP contribution < -0.4 is 0 Å². The molecule has 1 atom stereocenters. The van der Waals surface area contributed by atoms with Crippen LogP contribution in [-0.2, 0) is 6.42 Å². The van der Waals surface area contributed by atoms with Crippen LogP contribution in [0.3, 0.4) is 0 Å². The molecule has 1 unspecified atom stereocenters. The number of rotatable bonds is 8. The topological polar surface area (TPSA) is 30.2 Å². The standard InChI is InChI=1S/C16H26O2/c1-12(2)6-5-7-13(3)8-9-15-10-11-16(18-15)14(4)17/h10-13H,5-9H2,1-4H3. The van der Waals surface area contributed by atoms with Crippen molar-refractivity contribution < 1.29 is 9.21 Å². The second-order valence-electron chi connectivity index (χ2n) is 5.79. The van der Waals surface area contributed by atoms with E-state index in [0.717, 1.165) is 30.4 Å². The molecule has 102 valence electrons. The third-order valence-electron chi connectivity index (χ3n) is 3.37. The Balaban J connectivity index is 2.24. The Kier molecular flexibility index (Phi) is 6.17. The fourth-order valence-corrected chi connectivity index (χ4v) is 2.11. The highest BCUT2D eigenvalue weighted by atomic mass is 16.3. The van der Waals surface area contributed by atoms with Crippen LogP contribution in [0.25, 0.3) is 0 Å². The molecule has 2 nitrogen and oxygen atoms in total. The Hall–Kier alpha value is -1.05. The van der Waals surface area contributed by atoms with Gasteiger partial charge in [0.1, 0.15) is 5.76 Å². The van der Waals surface area contributed by atoms with Gasteiger partial charge in [0.2, 0.25) is 0 Å². The Labute approximate surface area is 111 Å². The van der Waals surface area contributed by atoms with Crippen molar-refractivity contribution in [1.29, 1.82) is 0 Å². The van der Waals surface area contributed by atoms with E-state index in [1.165, 1.54) is 26.2 Å². The minimum atomic E-state index is 0.00577. The lowest BCUT2D eigenvalue weighted by Crippen LogP contribution is -1.98. The van der Waals surface area contributed by atoms with E-state index < -0.39 is 0 Å². The molecule has 0 fully saturated rings. The highest BCUT2D eigenvalue weighted by molar-refractivity contribution is 5.91. The van der Waals surface area contributed by atoms with Crippen molar-refractivity contribution in [3.8, 4) is 0 Å². The van der Waals surface area contributed by atoms with Gasteiger partial charge >= 0.3 is 0 Å². The average molecular weight is 250 g/mol. The fraction of sp³-hybridized carbons (Fsp3) is 0.688. The minimum absolute atomic E-state index is 0.00577. The van der Waals surface area contributed by atoms with Gasteiger partial charge in [-0.2, -0.15) is 0 Å². The van der Waals surface area contributed by atoms with Gasteiger partial charge in [-0.25, -0.2) is 0 Å². The van der Waals surface area contributed by atoms with Crippen molar-refractivity contribution in [3.63, 3.8) is 0 Å². The highest BCUT2D eigenvalue weighted by Crippen LogP contribution is 2.18. The summed E-state index contributed by atoms with van der Waals surface area (Å²) < 4.78 is 5.49. The number of aryl methyl sites for hydroxylation is 1. The fourth-order valence-electron chi connectivity index (χ4n) is 2.11. The van der Waals surface area contributed by atoms with Crippen LogP contribution in [0.5, 0.6) is 0 Å². The SMILES string of the molecule is CC(=O)c1ccc(CCC(C)CCCC(C)C)o1. The first-order valence-electron chi connectivity index (χ1n) is 7.08. The normalized spacial score (nSPS) is 12.9. The van der Waals surface area contributed by atoms with Gasteiger partial charge in [0.15, 0.2) is 11.5 Å². The molecule has 0 bridgehead atoms. The largest absolute Gasteiger partial charge is 0.458 e. The van der Waals surface area contributed by atoms with E-state index >= 15 is 0 Å².